The van der Waals surface area contributed by atoms with Gasteiger partial charge in [-0.3, -0.25) is 4.79 Å². The summed E-state index contributed by atoms with van der Waals surface area (Å²) in [5, 5.41) is 2.58. The molecule has 0 unspecified atom stereocenters. The number of benzene rings is 1. The van der Waals surface area contributed by atoms with Crippen molar-refractivity contribution in [3.8, 4) is 5.75 Å². The van der Waals surface area contributed by atoms with E-state index < -0.39 is 9.05 Å². The van der Waals surface area contributed by atoms with Crippen LogP contribution in [0.4, 0.5) is 0 Å². The zero-order chi connectivity index (χ0) is 14.3. The molecule has 0 radical (unpaired) electrons. The summed E-state index contributed by atoms with van der Waals surface area (Å²) >= 11 is 0. The molecule has 0 bridgehead atoms. The molecule has 1 amide bonds. The summed E-state index contributed by atoms with van der Waals surface area (Å²) in [6, 6.07) is 5.47. The molecule has 0 atom stereocenters. The molecule has 0 aliphatic rings. The highest BCUT2D eigenvalue weighted by molar-refractivity contribution is 8.13. The van der Waals surface area contributed by atoms with Crippen LogP contribution in [-0.2, 0) is 18.6 Å². The molecule has 0 spiro atoms. The Labute approximate surface area is 116 Å². The third-order valence-electron chi connectivity index (χ3n) is 2.10. The molecule has 1 aromatic rings. The van der Waals surface area contributed by atoms with Crippen LogP contribution in [0.1, 0.15) is 0 Å². The largest absolute Gasteiger partial charge is 0.484 e. The fourth-order valence-electron chi connectivity index (χ4n) is 1.19. The molecular weight excluding hydrogens is 294 g/mol. The standard InChI is InChI=1S/C11H14ClNO5S/c1-17-7-6-13-11(14)8-18-9-2-4-10(5-3-9)19(12,15)16/h2-5H,6-8H2,1H3,(H,13,14). The topological polar surface area (TPSA) is 81.7 Å². The number of halogens is 1. The van der Waals surface area contributed by atoms with Gasteiger partial charge >= 0.3 is 0 Å². The lowest BCUT2D eigenvalue weighted by Crippen LogP contribution is -2.31. The first-order chi connectivity index (χ1) is 8.93. The molecule has 0 aliphatic heterocycles. The Kier molecular flexibility index (Phi) is 6.07. The summed E-state index contributed by atoms with van der Waals surface area (Å²) in [4.78, 5) is 11.3. The number of carbonyl (C=O) groups excluding carboxylic acids is 1. The second-order valence-electron chi connectivity index (χ2n) is 3.54. The number of rotatable bonds is 7. The van der Waals surface area contributed by atoms with Crippen LogP contribution in [0.2, 0.25) is 0 Å². The van der Waals surface area contributed by atoms with E-state index in [0.29, 0.717) is 18.9 Å². The molecule has 0 saturated heterocycles. The predicted octanol–water partition coefficient (Wildman–Crippen LogP) is 0.755. The summed E-state index contributed by atoms with van der Waals surface area (Å²) in [6.07, 6.45) is 0. The quantitative estimate of drug-likeness (QED) is 0.594. The first-order valence-corrected chi connectivity index (χ1v) is 7.67. The number of hydrogen-bond donors (Lipinski definition) is 1. The summed E-state index contributed by atoms with van der Waals surface area (Å²) in [5.41, 5.74) is 0. The highest BCUT2D eigenvalue weighted by Gasteiger charge is 2.09. The molecule has 8 heteroatoms. The molecule has 1 rings (SSSR count). The van der Waals surface area contributed by atoms with Gasteiger partial charge in [-0.1, -0.05) is 0 Å². The van der Waals surface area contributed by atoms with Crippen molar-refractivity contribution >= 4 is 25.6 Å². The van der Waals surface area contributed by atoms with Crippen LogP contribution in [0.25, 0.3) is 0 Å². The van der Waals surface area contributed by atoms with Gasteiger partial charge in [0.25, 0.3) is 15.0 Å². The molecule has 1 aromatic carbocycles. The van der Waals surface area contributed by atoms with Gasteiger partial charge in [0.2, 0.25) is 0 Å². The molecule has 0 fully saturated rings. The van der Waals surface area contributed by atoms with E-state index in [1.54, 1.807) is 0 Å². The maximum absolute atomic E-state index is 11.3. The van der Waals surface area contributed by atoms with Gasteiger partial charge in [0.05, 0.1) is 11.5 Å². The second kappa shape index (κ2) is 7.32. The van der Waals surface area contributed by atoms with Gasteiger partial charge < -0.3 is 14.8 Å². The third-order valence-corrected chi connectivity index (χ3v) is 3.47. The van der Waals surface area contributed by atoms with Crippen LogP contribution in [0.3, 0.4) is 0 Å². The van der Waals surface area contributed by atoms with Crippen molar-refractivity contribution < 1.29 is 22.7 Å². The van der Waals surface area contributed by atoms with E-state index in [4.69, 9.17) is 20.2 Å². The van der Waals surface area contributed by atoms with E-state index in [9.17, 15) is 13.2 Å². The average molecular weight is 308 g/mol. The van der Waals surface area contributed by atoms with Crippen LogP contribution in [-0.4, -0.2) is 41.2 Å². The van der Waals surface area contributed by atoms with Crippen LogP contribution in [0.15, 0.2) is 29.2 Å². The molecule has 19 heavy (non-hydrogen) atoms. The van der Waals surface area contributed by atoms with Gasteiger partial charge in [-0.15, -0.1) is 0 Å². The molecule has 6 nitrogen and oxygen atoms in total. The summed E-state index contributed by atoms with van der Waals surface area (Å²) < 4.78 is 32.0. The third kappa shape index (κ3) is 5.91. The van der Waals surface area contributed by atoms with Crippen molar-refractivity contribution in [2.45, 2.75) is 4.90 Å². The molecular formula is C11H14ClNO5S. The van der Waals surface area contributed by atoms with Crippen LogP contribution < -0.4 is 10.1 Å². The lowest BCUT2D eigenvalue weighted by molar-refractivity contribution is -0.123. The fraction of sp³-hybridized carbons (Fsp3) is 0.364. The summed E-state index contributed by atoms with van der Waals surface area (Å²) in [5.74, 6) is 0.0945. The van der Waals surface area contributed by atoms with E-state index in [2.05, 4.69) is 5.32 Å². The van der Waals surface area contributed by atoms with Gasteiger partial charge in [-0.2, -0.15) is 0 Å². The van der Waals surface area contributed by atoms with E-state index in [1.807, 2.05) is 0 Å². The van der Waals surface area contributed by atoms with E-state index >= 15 is 0 Å². The SMILES string of the molecule is COCCNC(=O)COc1ccc(S(=O)(=O)Cl)cc1. The normalized spacial score (nSPS) is 11.1. The van der Waals surface area contributed by atoms with Crippen molar-refractivity contribution in [1.82, 2.24) is 5.32 Å². The number of ether oxygens (including phenoxy) is 2. The molecule has 0 aliphatic carbocycles. The Morgan fingerprint density at radius 2 is 1.95 bits per heavy atom. The zero-order valence-corrected chi connectivity index (χ0v) is 11.8. The van der Waals surface area contributed by atoms with Crippen molar-refractivity contribution in [2.24, 2.45) is 0 Å². The van der Waals surface area contributed by atoms with Crippen molar-refractivity contribution in [2.75, 3.05) is 26.9 Å². The summed E-state index contributed by atoms with van der Waals surface area (Å²) in [7, 11) is 2.96. The number of nitrogens with one attached hydrogen (secondary N) is 1. The van der Waals surface area contributed by atoms with Crippen molar-refractivity contribution in [3.63, 3.8) is 0 Å². The van der Waals surface area contributed by atoms with E-state index in [1.165, 1.54) is 31.4 Å². The van der Waals surface area contributed by atoms with Crippen LogP contribution in [0, 0.1) is 0 Å². The highest BCUT2D eigenvalue weighted by Crippen LogP contribution is 2.18. The van der Waals surface area contributed by atoms with Gasteiger partial charge in [0, 0.05) is 24.3 Å². The van der Waals surface area contributed by atoms with Gasteiger partial charge in [0.1, 0.15) is 5.75 Å². The Bertz CT molecular complexity index is 514. The molecule has 1 N–H and O–H groups in total. The van der Waals surface area contributed by atoms with E-state index in [-0.39, 0.29) is 17.4 Å². The van der Waals surface area contributed by atoms with Crippen LogP contribution >= 0.6 is 10.7 Å². The summed E-state index contributed by atoms with van der Waals surface area (Å²) in [6.45, 7) is 0.673. The highest BCUT2D eigenvalue weighted by atomic mass is 35.7. The van der Waals surface area contributed by atoms with Gasteiger partial charge in [-0.05, 0) is 24.3 Å². The number of methoxy groups -OCH3 is 1. The Hall–Kier alpha value is -1.31. The van der Waals surface area contributed by atoms with Crippen molar-refractivity contribution in [3.05, 3.63) is 24.3 Å². The predicted molar refractivity (Wildman–Crippen MR) is 69.9 cm³/mol. The molecule has 106 valence electrons. The first kappa shape index (κ1) is 15.7. The van der Waals surface area contributed by atoms with Gasteiger partial charge in [0.15, 0.2) is 6.61 Å². The first-order valence-electron chi connectivity index (χ1n) is 5.36. The number of carbonyl (C=O) groups is 1. The maximum atomic E-state index is 11.3. The molecule has 0 heterocycles. The Morgan fingerprint density at radius 3 is 2.47 bits per heavy atom. The second-order valence-corrected chi connectivity index (χ2v) is 6.11. The number of amides is 1. The molecule has 0 saturated carbocycles. The number of hydrogen-bond acceptors (Lipinski definition) is 5. The Morgan fingerprint density at radius 1 is 1.32 bits per heavy atom. The van der Waals surface area contributed by atoms with Crippen LogP contribution in [0.5, 0.6) is 5.75 Å². The minimum atomic E-state index is -3.74. The minimum Gasteiger partial charge on any atom is -0.484 e. The zero-order valence-electron chi connectivity index (χ0n) is 10.3. The lowest BCUT2D eigenvalue weighted by atomic mass is 10.3. The maximum Gasteiger partial charge on any atom is 0.261 e. The smallest absolute Gasteiger partial charge is 0.261 e. The Balaban J connectivity index is 2.44. The van der Waals surface area contributed by atoms with Crippen molar-refractivity contribution in [1.29, 1.82) is 0 Å². The van der Waals surface area contributed by atoms with E-state index in [0.717, 1.165) is 0 Å². The lowest BCUT2D eigenvalue weighted by Gasteiger charge is -2.07. The minimum absolute atomic E-state index is 0.0222. The van der Waals surface area contributed by atoms with Gasteiger partial charge in [-0.25, -0.2) is 8.42 Å². The molecule has 0 aromatic heterocycles. The monoisotopic (exact) mass is 307 g/mol. The fourth-order valence-corrected chi connectivity index (χ4v) is 1.96. The average Bonchev–Trinajstić information content (AvgIpc) is 2.36.